The number of rotatable bonds is 4. The van der Waals surface area contributed by atoms with Crippen molar-refractivity contribution in [1.82, 2.24) is 9.80 Å². The van der Waals surface area contributed by atoms with Gasteiger partial charge >= 0.3 is 0 Å². The van der Waals surface area contributed by atoms with Crippen molar-refractivity contribution >= 4 is 24.2 Å². The summed E-state index contributed by atoms with van der Waals surface area (Å²) in [6.45, 7) is 1.70. The summed E-state index contributed by atoms with van der Waals surface area (Å²) in [6.07, 6.45) is 0.261. The molecule has 0 aromatic heterocycles. The third-order valence-electron chi connectivity index (χ3n) is 3.29. The lowest BCUT2D eigenvalue weighted by Crippen LogP contribution is -2.52. The molecule has 1 aliphatic rings. The van der Waals surface area contributed by atoms with Gasteiger partial charge in [-0.15, -0.1) is 12.4 Å². The van der Waals surface area contributed by atoms with Gasteiger partial charge in [-0.1, -0.05) is 12.1 Å². The number of benzene rings is 1. The molecule has 2 amide bonds. The third-order valence-corrected chi connectivity index (χ3v) is 3.29. The molecule has 1 aromatic rings. The maximum absolute atomic E-state index is 13.1. The summed E-state index contributed by atoms with van der Waals surface area (Å²) >= 11 is 0. The van der Waals surface area contributed by atoms with Gasteiger partial charge in [0.25, 0.3) is 0 Å². The highest BCUT2D eigenvalue weighted by molar-refractivity contribution is 5.86. The van der Waals surface area contributed by atoms with E-state index < -0.39 is 0 Å². The molecule has 0 atom stereocenters. The van der Waals surface area contributed by atoms with Gasteiger partial charge in [0, 0.05) is 32.6 Å². The molecule has 1 aliphatic heterocycles. The van der Waals surface area contributed by atoms with Crippen molar-refractivity contribution in [2.75, 3.05) is 26.2 Å². The lowest BCUT2D eigenvalue weighted by Gasteiger charge is -2.34. The maximum atomic E-state index is 13.1. The van der Waals surface area contributed by atoms with Crippen LogP contribution >= 0.6 is 12.4 Å². The van der Waals surface area contributed by atoms with Gasteiger partial charge in [0.2, 0.25) is 11.8 Å². The summed E-state index contributed by atoms with van der Waals surface area (Å²) in [5, 5.41) is 0. The number of carbonyl (C=O) groups is 2. The van der Waals surface area contributed by atoms with Crippen LogP contribution in [0.3, 0.4) is 0 Å². The number of nitrogens with two attached hydrogens (primary N) is 1. The van der Waals surface area contributed by atoms with Crippen LogP contribution in [0.4, 0.5) is 4.39 Å². The molecule has 5 nitrogen and oxygen atoms in total. The van der Waals surface area contributed by atoms with Crippen LogP contribution in [-0.4, -0.2) is 47.8 Å². The van der Waals surface area contributed by atoms with Crippen LogP contribution in [0.5, 0.6) is 0 Å². The van der Waals surface area contributed by atoms with Crippen LogP contribution in [0.25, 0.3) is 0 Å². The normalized spacial score (nSPS) is 14.9. The number of halogens is 2. The van der Waals surface area contributed by atoms with Crippen LogP contribution in [0.2, 0.25) is 0 Å². The van der Waals surface area contributed by atoms with Gasteiger partial charge in [0.1, 0.15) is 5.82 Å². The van der Waals surface area contributed by atoms with E-state index in [2.05, 4.69) is 0 Å². The van der Waals surface area contributed by atoms with Crippen molar-refractivity contribution in [1.29, 1.82) is 0 Å². The minimum Gasteiger partial charge on any atom is -0.335 e. The summed E-state index contributed by atoms with van der Waals surface area (Å²) in [5.41, 5.74) is 6.09. The highest BCUT2D eigenvalue weighted by Crippen LogP contribution is 2.11. The molecule has 2 N–H and O–H groups in total. The Morgan fingerprint density at radius 1 is 1.33 bits per heavy atom. The fraction of sp³-hybridized carbons (Fsp3) is 0.429. The van der Waals surface area contributed by atoms with Crippen molar-refractivity contribution in [2.45, 2.75) is 13.0 Å². The minimum absolute atomic E-state index is 0. The maximum Gasteiger partial charge on any atom is 0.242 e. The third kappa shape index (κ3) is 4.68. The quantitative estimate of drug-likeness (QED) is 0.892. The van der Waals surface area contributed by atoms with Crippen LogP contribution in [0, 0.1) is 5.82 Å². The standard InChI is InChI=1S/C14H18FN3O2.ClH/c15-12-3-1-2-11(8-12)9-17-6-7-18(10-14(17)20)13(19)4-5-16;/h1-3,8H,4-7,9-10,16H2;1H. The first kappa shape index (κ1) is 17.4. The number of hydrogen-bond donors (Lipinski definition) is 1. The summed E-state index contributed by atoms with van der Waals surface area (Å²) in [6, 6.07) is 6.19. The molecule has 0 saturated carbocycles. The lowest BCUT2D eigenvalue weighted by molar-refractivity contribution is -0.145. The second kappa shape index (κ2) is 7.95. The van der Waals surface area contributed by atoms with Crippen LogP contribution in [0.15, 0.2) is 24.3 Å². The average molecular weight is 316 g/mol. The predicted octanol–water partition coefficient (Wildman–Crippen LogP) is 0.767. The molecule has 0 bridgehead atoms. The van der Waals surface area contributed by atoms with Gasteiger partial charge in [-0.3, -0.25) is 9.59 Å². The SMILES string of the molecule is Cl.NCCC(=O)N1CCN(Cc2cccc(F)c2)C(=O)C1. The number of nitrogens with zero attached hydrogens (tertiary/aromatic N) is 2. The summed E-state index contributed by atoms with van der Waals surface area (Å²) in [7, 11) is 0. The molecule has 116 valence electrons. The molecule has 1 aromatic carbocycles. The molecule has 0 unspecified atom stereocenters. The van der Waals surface area contributed by atoms with E-state index >= 15 is 0 Å². The van der Waals surface area contributed by atoms with Gasteiger partial charge in [-0.05, 0) is 17.7 Å². The van der Waals surface area contributed by atoms with E-state index in [-0.39, 0.29) is 49.5 Å². The van der Waals surface area contributed by atoms with E-state index in [1.54, 1.807) is 17.0 Å². The molecule has 0 aliphatic carbocycles. The Balaban J connectivity index is 0.00000220. The highest BCUT2D eigenvalue weighted by atomic mass is 35.5. The molecular weight excluding hydrogens is 297 g/mol. The van der Waals surface area contributed by atoms with E-state index in [1.165, 1.54) is 17.0 Å². The Kier molecular flexibility index (Phi) is 6.58. The van der Waals surface area contributed by atoms with E-state index in [0.29, 0.717) is 19.6 Å². The van der Waals surface area contributed by atoms with E-state index in [0.717, 1.165) is 5.56 Å². The van der Waals surface area contributed by atoms with Crippen molar-refractivity contribution in [3.63, 3.8) is 0 Å². The first-order valence-electron chi connectivity index (χ1n) is 6.60. The zero-order chi connectivity index (χ0) is 14.5. The van der Waals surface area contributed by atoms with E-state index in [1.807, 2.05) is 0 Å². The first-order chi connectivity index (χ1) is 9.60. The Bertz CT molecular complexity index is 513. The van der Waals surface area contributed by atoms with Crippen LogP contribution in [0.1, 0.15) is 12.0 Å². The zero-order valence-corrected chi connectivity index (χ0v) is 12.4. The van der Waals surface area contributed by atoms with Crippen LogP contribution < -0.4 is 5.73 Å². The largest absolute Gasteiger partial charge is 0.335 e. The molecule has 7 heteroatoms. The predicted molar refractivity (Wildman–Crippen MR) is 79.3 cm³/mol. The second-order valence-electron chi connectivity index (χ2n) is 4.80. The molecule has 21 heavy (non-hydrogen) atoms. The molecule has 1 fully saturated rings. The van der Waals surface area contributed by atoms with Gasteiger partial charge in [-0.25, -0.2) is 4.39 Å². The van der Waals surface area contributed by atoms with E-state index in [9.17, 15) is 14.0 Å². The Morgan fingerprint density at radius 3 is 2.71 bits per heavy atom. The molecular formula is C14H19ClFN3O2. The summed E-state index contributed by atoms with van der Waals surface area (Å²) in [5.74, 6) is -0.524. The van der Waals surface area contributed by atoms with Crippen LogP contribution in [-0.2, 0) is 16.1 Å². The molecule has 1 saturated heterocycles. The van der Waals surface area contributed by atoms with Crippen molar-refractivity contribution in [3.05, 3.63) is 35.6 Å². The lowest BCUT2D eigenvalue weighted by atomic mass is 10.2. The van der Waals surface area contributed by atoms with E-state index in [4.69, 9.17) is 5.73 Å². The number of piperazine rings is 1. The Hall–Kier alpha value is -1.66. The topological polar surface area (TPSA) is 66.6 Å². The minimum atomic E-state index is -0.313. The summed E-state index contributed by atoms with van der Waals surface area (Å²) < 4.78 is 13.1. The monoisotopic (exact) mass is 315 g/mol. The van der Waals surface area contributed by atoms with Gasteiger partial charge in [0.15, 0.2) is 0 Å². The molecule has 0 radical (unpaired) electrons. The molecule has 0 spiro atoms. The first-order valence-corrected chi connectivity index (χ1v) is 6.60. The van der Waals surface area contributed by atoms with Crippen molar-refractivity contribution in [3.8, 4) is 0 Å². The van der Waals surface area contributed by atoms with Crippen molar-refractivity contribution in [2.24, 2.45) is 5.73 Å². The Morgan fingerprint density at radius 2 is 2.10 bits per heavy atom. The number of hydrogen-bond acceptors (Lipinski definition) is 3. The smallest absolute Gasteiger partial charge is 0.242 e. The summed E-state index contributed by atoms with van der Waals surface area (Å²) in [4.78, 5) is 26.9. The zero-order valence-electron chi connectivity index (χ0n) is 11.6. The average Bonchev–Trinajstić information content (AvgIpc) is 2.41. The number of carbonyl (C=O) groups excluding carboxylic acids is 2. The highest BCUT2D eigenvalue weighted by Gasteiger charge is 2.26. The molecule has 1 heterocycles. The van der Waals surface area contributed by atoms with Crippen molar-refractivity contribution < 1.29 is 14.0 Å². The van der Waals surface area contributed by atoms with Gasteiger partial charge in [0.05, 0.1) is 6.54 Å². The fourth-order valence-corrected chi connectivity index (χ4v) is 2.23. The fourth-order valence-electron chi connectivity index (χ4n) is 2.23. The van der Waals surface area contributed by atoms with Gasteiger partial charge < -0.3 is 15.5 Å². The Labute approximate surface area is 129 Å². The van der Waals surface area contributed by atoms with Gasteiger partial charge in [-0.2, -0.15) is 0 Å². The molecule has 2 rings (SSSR count). The number of amides is 2. The second-order valence-corrected chi connectivity index (χ2v) is 4.80.